The molecule has 0 aliphatic heterocycles. The van der Waals surface area contributed by atoms with E-state index in [9.17, 15) is 13.2 Å². The highest BCUT2D eigenvalue weighted by Gasteiger charge is 2.21. The van der Waals surface area contributed by atoms with Crippen molar-refractivity contribution >= 4 is 21.6 Å². The Hall–Kier alpha value is -2.34. The van der Waals surface area contributed by atoms with Crippen molar-refractivity contribution in [1.29, 1.82) is 0 Å². The zero-order chi connectivity index (χ0) is 19.5. The van der Waals surface area contributed by atoms with E-state index in [1.54, 1.807) is 6.07 Å². The van der Waals surface area contributed by atoms with E-state index in [1.165, 1.54) is 10.6 Å². The van der Waals surface area contributed by atoms with E-state index in [0.717, 1.165) is 22.3 Å². The van der Waals surface area contributed by atoms with Crippen LogP contribution in [-0.2, 0) is 10.0 Å². The molecule has 2 aromatic rings. The summed E-state index contributed by atoms with van der Waals surface area (Å²) >= 11 is 0. The first kappa shape index (κ1) is 20.0. The SMILES string of the molecule is Cc1cc(C)c(N(CCNC(=O)c2ccccc2C)S(C)(=O)=O)c(C)c1. The molecule has 0 bridgehead atoms. The number of rotatable bonds is 6. The van der Waals surface area contributed by atoms with Crippen LogP contribution in [0.15, 0.2) is 36.4 Å². The van der Waals surface area contributed by atoms with Crippen LogP contribution in [0.1, 0.15) is 32.6 Å². The molecule has 0 saturated carbocycles. The summed E-state index contributed by atoms with van der Waals surface area (Å²) in [6, 6.07) is 11.2. The zero-order valence-corrected chi connectivity index (χ0v) is 16.8. The number of carbonyl (C=O) groups excluding carboxylic acids is 1. The Kier molecular flexibility index (Phi) is 6.08. The van der Waals surface area contributed by atoms with Crippen molar-refractivity contribution in [2.75, 3.05) is 23.7 Å². The van der Waals surface area contributed by atoms with Gasteiger partial charge in [-0.05, 0) is 50.5 Å². The van der Waals surface area contributed by atoms with Crippen LogP contribution >= 0.6 is 0 Å². The maximum absolute atomic E-state index is 12.3. The van der Waals surface area contributed by atoms with Crippen molar-refractivity contribution < 1.29 is 13.2 Å². The number of nitrogens with zero attached hydrogens (tertiary/aromatic N) is 1. The quantitative estimate of drug-likeness (QED) is 0.845. The van der Waals surface area contributed by atoms with E-state index in [-0.39, 0.29) is 19.0 Å². The average molecular weight is 375 g/mol. The van der Waals surface area contributed by atoms with Gasteiger partial charge >= 0.3 is 0 Å². The van der Waals surface area contributed by atoms with Gasteiger partial charge in [0.15, 0.2) is 0 Å². The fourth-order valence-corrected chi connectivity index (χ4v) is 4.25. The van der Waals surface area contributed by atoms with Gasteiger partial charge in [0.25, 0.3) is 5.91 Å². The van der Waals surface area contributed by atoms with Crippen LogP contribution < -0.4 is 9.62 Å². The lowest BCUT2D eigenvalue weighted by molar-refractivity contribution is 0.0954. The molecule has 1 amide bonds. The number of benzene rings is 2. The molecule has 0 heterocycles. The number of hydrogen-bond donors (Lipinski definition) is 1. The van der Waals surface area contributed by atoms with Gasteiger partial charge in [0.2, 0.25) is 10.0 Å². The van der Waals surface area contributed by atoms with Crippen molar-refractivity contribution in [2.24, 2.45) is 0 Å². The van der Waals surface area contributed by atoms with Crippen molar-refractivity contribution in [2.45, 2.75) is 27.7 Å². The largest absolute Gasteiger partial charge is 0.350 e. The highest BCUT2D eigenvalue weighted by atomic mass is 32.2. The predicted octanol–water partition coefficient (Wildman–Crippen LogP) is 3.12. The first-order valence-corrected chi connectivity index (χ1v) is 10.4. The molecule has 0 fully saturated rings. The highest BCUT2D eigenvalue weighted by molar-refractivity contribution is 7.92. The van der Waals surface area contributed by atoms with E-state index >= 15 is 0 Å². The zero-order valence-electron chi connectivity index (χ0n) is 16.0. The predicted molar refractivity (Wildman–Crippen MR) is 106 cm³/mol. The first-order chi connectivity index (χ1) is 12.1. The van der Waals surface area contributed by atoms with Gasteiger partial charge in [-0.15, -0.1) is 0 Å². The van der Waals surface area contributed by atoms with Crippen LogP contribution in [0.2, 0.25) is 0 Å². The Morgan fingerprint density at radius 2 is 1.58 bits per heavy atom. The maximum Gasteiger partial charge on any atom is 0.251 e. The third-order valence-electron chi connectivity index (χ3n) is 4.28. The minimum Gasteiger partial charge on any atom is -0.350 e. The fourth-order valence-electron chi connectivity index (χ4n) is 3.20. The molecule has 2 rings (SSSR count). The molecule has 0 spiro atoms. The van der Waals surface area contributed by atoms with E-state index in [1.807, 2.05) is 58.0 Å². The van der Waals surface area contributed by atoms with Crippen LogP contribution in [0.25, 0.3) is 0 Å². The summed E-state index contributed by atoms with van der Waals surface area (Å²) in [5.74, 6) is -0.200. The molecule has 2 aromatic carbocycles. The van der Waals surface area contributed by atoms with E-state index in [4.69, 9.17) is 0 Å². The number of nitrogens with one attached hydrogen (secondary N) is 1. The van der Waals surface area contributed by atoms with Crippen molar-refractivity contribution in [1.82, 2.24) is 5.32 Å². The summed E-state index contributed by atoms with van der Waals surface area (Å²) in [4.78, 5) is 12.3. The van der Waals surface area contributed by atoms with E-state index in [2.05, 4.69) is 5.32 Å². The van der Waals surface area contributed by atoms with Crippen molar-refractivity contribution in [3.8, 4) is 0 Å². The Bertz CT molecular complexity index is 897. The summed E-state index contributed by atoms with van der Waals surface area (Å²) in [6.45, 7) is 8.07. The third kappa shape index (κ3) is 4.64. The Morgan fingerprint density at radius 1 is 1.00 bits per heavy atom. The van der Waals surface area contributed by atoms with Gasteiger partial charge in [0, 0.05) is 12.1 Å². The Labute approximate surface area is 156 Å². The highest BCUT2D eigenvalue weighted by Crippen LogP contribution is 2.27. The smallest absolute Gasteiger partial charge is 0.251 e. The van der Waals surface area contributed by atoms with Crippen LogP contribution in [0, 0.1) is 27.7 Å². The second-order valence-electron chi connectivity index (χ2n) is 6.65. The van der Waals surface area contributed by atoms with Crippen LogP contribution in [0.5, 0.6) is 0 Å². The summed E-state index contributed by atoms with van der Waals surface area (Å²) < 4.78 is 26.0. The summed E-state index contributed by atoms with van der Waals surface area (Å²) in [5, 5.41) is 2.82. The molecule has 1 N–H and O–H groups in total. The molecule has 0 aliphatic carbocycles. The fraction of sp³-hybridized carbons (Fsp3) is 0.350. The number of anilines is 1. The normalized spacial score (nSPS) is 11.3. The Morgan fingerprint density at radius 3 is 2.12 bits per heavy atom. The van der Waals surface area contributed by atoms with Gasteiger partial charge in [-0.3, -0.25) is 9.10 Å². The molecule has 0 radical (unpaired) electrons. The maximum atomic E-state index is 12.3. The summed E-state index contributed by atoms with van der Waals surface area (Å²) in [7, 11) is -3.46. The third-order valence-corrected chi connectivity index (χ3v) is 5.44. The molecule has 0 aliphatic rings. The van der Waals surface area contributed by atoms with Gasteiger partial charge in [0.1, 0.15) is 0 Å². The lowest BCUT2D eigenvalue weighted by atomic mass is 10.1. The average Bonchev–Trinajstić information content (AvgIpc) is 2.51. The second kappa shape index (κ2) is 7.91. The van der Waals surface area contributed by atoms with Gasteiger partial charge in [-0.1, -0.05) is 35.9 Å². The van der Waals surface area contributed by atoms with Crippen molar-refractivity contribution in [3.63, 3.8) is 0 Å². The van der Waals surface area contributed by atoms with Crippen LogP contribution in [0.4, 0.5) is 5.69 Å². The van der Waals surface area contributed by atoms with Gasteiger partial charge in [0.05, 0.1) is 18.5 Å². The monoisotopic (exact) mass is 374 g/mol. The number of sulfonamides is 1. The number of aryl methyl sites for hydroxylation is 4. The Balaban J connectivity index is 2.19. The number of hydrogen-bond acceptors (Lipinski definition) is 3. The lowest BCUT2D eigenvalue weighted by Crippen LogP contribution is -2.39. The van der Waals surface area contributed by atoms with Gasteiger partial charge in [-0.2, -0.15) is 0 Å². The molecule has 0 unspecified atom stereocenters. The van der Waals surface area contributed by atoms with Gasteiger partial charge < -0.3 is 5.32 Å². The van der Waals surface area contributed by atoms with Crippen molar-refractivity contribution in [3.05, 3.63) is 64.2 Å². The van der Waals surface area contributed by atoms with Crippen LogP contribution in [-0.4, -0.2) is 33.7 Å². The number of carbonyl (C=O) groups is 1. The molecular weight excluding hydrogens is 348 g/mol. The first-order valence-electron chi connectivity index (χ1n) is 8.50. The van der Waals surface area contributed by atoms with E-state index in [0.29, 0.717) is 11.3 Å². The molecule has 0 atom stereocenters. The van der Waals surface area contributed by atoms with E-state index < -0.39 is 10.0 Å². The molecule has 0 aromatic heterocycles. The van der Waals surface area contributed by atoms with Crippen LogP contribution in [0.3, 0.4) is 0 Å². The number of amides is 1. The molecule has 6 heteroatoms. The standard InChI is InChI=1S/C20H26N2O3S/c1-14-12-16(3)19(17(4)13-14)22(26(5,24)25)11-10-21-20(23)18-9-7-6-8-15(18)2/h6-9,12-13H,10-11H2,1-5H3,(H,21,23). The molecule has 140 valence electrons. The second-order valence-corrected chi connectivity index (χ2v) is 8.56. The summed E-state index contributed by atoms with van der Waals surface area (Å²) in [5.41, 5.74) is 5.06. The summed E-state index contributed by atoms with van der Waals surface area (Å²) in [6.07, 6.45) is 1.19. The molecular formula is C20H26N2O3S. The van der Waals surface area contributed by atoms with Gasteiger partial charge in [-0.25, -0.2) is 8.42 Å². The minimum absolute atomic E-state index is 0.182. The molecule has 0 saturated heterocycles. The minimum atomic E-state index is -3.46. The molecule has 5 nitrogen and oxygen atoms in total. The lowest BCUT2D eigenvalue weighted by Gasteiger charge is -2.26. The topological polar surface area (TPSA) is 66.5 Å². The molecule has 26 heavy (non-hydrogen) atoms.